The maximum atomic E-state index is 13.3. The Morgan fingerprint density at radius 3 is 2.24 bits per heavy atom. The second-order valence-electron chi connectivity index (χ2n) is 7.23. The largest absolute Gasteiger partial charge is 0.497 e. The summed E-state index contributed by atoms with van der Waals surface area (Å²) in [6.45, 7) is 2.22. The number of benzene rings is 3. The van der Waals surface area contributed by atoms with Crippen LogP contribution in [0.25, 0.3) is 0 Å². The molecular formula is C25H27N3O5S. The number of nitrogens with one attached hydrogen (secondary N) is 1. The molecule has 0 atom stereocenters. The molecule has 0 saturated carbocycles. The molecule has 0 aromatic heterocycles. The molecule has 3 aromatic carbocycles. The average molecular weight is 482 g/mol. The lowest BCUT2D eigenvalue weighted by Crippen LogP contribution is -2.39. The predicted octanol–water partition coefficient (Wildman–Crippen LogP) is 3.83. The Morgan fingerprint density at radius 2 is 1.62 bits per heavy atom. The number of carbonyl (C=O) groups is 1. The predicted molar refractivity (Wildman–Crippen MR) is 132 cm³/mol. The minimum Gasteiger partial charge on any atom is -0.497 e. The van der Waals surface area contributed by atoms with Crippen LogP contribution in [0.4, 0.5) is 5.69 Å². The molecule has 34 heavy (non-hydrogen) atoms. The van der Waals surface area contributed by atoms with Gasteiger partial charge in [-0.2, -0.15) is 5.10 Å². The molecule has 8 nitrogen and oxygen atoms in total. The zero-order valence-corrected chi connectivity index (χ0v) is 19.9. The van der Waals surface area contributed by atoms with Gasteiger partial charge in [0.25, 0.3) is 15.9 Å². The summed E-state index contributed by atoms with van der Waals surface area (Å²) in [6, 6.07) is 21.6. The summed E-state index contributed by atoms with van der Waals surface area (Å²) >= 11 is 0. The zero-order chi connectivity index (χ0) is 24.4. The number of nitrogens with zero attached hydrogens (tertiary/aromatic N) is 2. The van der Waals surface area contributed by atoms with E-state index in [-0.39, 0.29) is 4.90 Å². The van der Waals surface area contributed by atoms with E-state index in [1.165, 1.54) is 25.5 Å². The van der Waals surface area contributed by atoms with E-state index in [0.717, 1.165) is 22.0 Å². The summed E-state index contributed by atoms with van der Waals surface area (Å²) in [4.78, 5) is 12.7. The van der Waals surface area contributed by atoms with Gasteiger partial charge >= 0.3 is 0 Å². The number of ether oxygens (including phenoxy) is 2. The van der Waals surface area contributed by atoms with Crippen molar-refractivity contribution in [1.29, 1.82) is 0 Å². The van der Waals surface area contributed by atoms with Gasteiger partial charge in [0.2, 0.25) is 0 Å². The van der Waals surface area contributed by atoms with Gasteiger partial charge in [0, 0.05) is 0 Å². The molecule has 0 unspecified atom stereocenters. The minimum absolute atomic E-state index is 0.0764. The molecule has 0 saturated heterocycles. The Labute approximate surface area is 199 Å². The molecule has 9 heteroatoms. The van der Waals surface area contributed by atoms with Gasteiger partial charge in [0.05, 0.1) is 30.5 Å². The van der Waals surface area contributed by atoms with Crippen LogP contribution in [0.5, 0.6) is 11.5 Å². The van der Waals surface area contributed by atoms with Gasteiger partial charge in [-0.25, -0.2) is 13.8 Å². The van der Waals surface area contributed by atoms with Crippen molar-refractivity contribution in [3.05, 3.63) is 84.4 Å². The highest BCUT2D eigenvalue weighted by atomic mass is 32.2. The van der Waals surface area contributed by atoms with E-state index in [2.05, 4.69) is 10.5 Å². The van der Waals surface area contributed by atoms with Crippen LogP contribution in [0, 0.1) is 0 Å². The third-order valence-corrected chi connectivity index (χ3v) is 6.52. The number of hydrazone groups is 1. The molecule has 3 rings (SSSR count). The van der Waals surface area contributed by atoms with Gasteiger partial charge in [-0.05, 0) is 72.6 Å². The van der Waals surface area contributed by atoms with Crippen molar-refractivity contribution in [2.45, 2.75) is 18.2 Å². The van der Waals surface area contributed by atoms with Gasteiger partial charge in [-0.3, -0.25) is 9.10 Å². The number of methoxy groups -OCH3 is 1. The first kappa shape index (κ1) is 24.8. The van der Waals surface area contributed by atoms with Crippen molar-refractivity contribution in [2.75, 3.05) is 24.6 Å². The van der Waals surface area contributed by atoms with Crippen molar-refractivity contribution >= 4 is 27.8 Å². The summed E-state index contributed by atoms with van der Waals surface area (Å²) in [5.41, 5.74) is 3.48. The molecule has 1 amide bonds. The number of hydrogen-bond donors (Lipinski definition) is 1. The molecule has 0 aliphatic carbocycles. The number of anilines is 1. The van der Waals surface area contributed by atoms with E-state index in [1.807, 2.05) is 31.2 Å². The molecule has 3 aromatic rings. The minimum atomic E-state index is -3.99. The van der Waals surface area contributed by atoms with E-state index in [9.17, 15) is 13.2 Å². The highest BCUT2D eigenvalue weighted by Gasteiger charge is 2.27. The monoisotopic (exact) mass is 481 g/mol. The van der Waals surface area contributed by atoms with E-state index in [4.69, 9.17) is 9.47 Å². The van der Waals surface area contributed by atoms with Crippen LogP contribution >= 0.6 is 0 Å². The topological polar surface area (TPSA) is 97.3 Å². The van der Waals surface area contributed by atoms with Gasteiger partial charge < -0.3 is 9.47 Å². The molecule has 0 fully saturated rings. The van der Waals surface area contributed by atoms with Crippen LogP contribution in [-0.4, -0.2) is 40.8 Å². The highest BCUT2D eigenvalue weighted by Crippen LogP contribution is 2.25. The average Bonchev–Trinajstić information content (AvgIpc) is 2.87. The van der Waals surface area contributed by atoms with Crippen LogP contribution in [-0.2, 0) is 14.8 Å². The Bertz CT molecular complexity index is 1200. The Morgan fingerprint density at radius 1 is 0.971 bits per heavy atom. The third-order valence-electron chi connectivity index (χ3n) is 4.73. The van der Waals surface area contributed by atoms with Gasteiger partial charge in [0.1, 0.15) is 18.0 Å². The number of amides is 1. The number of carbonyl (C=O) groups excluding carboxylic acids is 1. The molecule has 0 aliphatic heterocycles. The Kier molecular flexibility index (Phi) is 8.64. The first-order chi connectivity index (χ1) is 16.4. The summed E-state index contributed by atoms with van der Waals surface area (Å²) in [7, 11) is -2.47. The van der Waals surface area contributed by atoms with Gasteiger partial charge in [-0.1, -0.05) is 25.1 Å². The molecule has 178 valence electrons. The molecule has 0 bridgehead atoms. The maximum Gasteiger partial charge on any atom is 0.264 e. The van der Waals surface area contributed by atoms with Crippen LogP contribution in [0.15, 0.2) is 88.9 Å². The Hall–Kier alpha value is -3.85. The molecular weight excluding hydrogens is 454 g/mol. The van der Waals surface area contributed by atoms with Crippen LogP contribution in [0.3, 0.4) is 0 Å². The van der Waals surface area contributed by atoms with Crippen LogP contribution in [0.1, 0.15) is 18.9 Å². The summed E-state index contributed by atoms with van der Waals surface area (Å²) in [6.07, 6.45) is 2.40. The van der Waals surface area contributed by atoms with Crippen LogP contribution < -0.4 is 19.2 Å². The van der Waals surface area contributed by atoms with E-state index >= 15 is 0 Å². The highest BCUT2D eigenvalue weighted by molar-refractivity contribution is 7.92. The first-order valence-electron chi connectivity index (χ1n) is 10.7. The standard InChI is InChI=1S/C25H27N3O5S/c1-3-17-33-23-13-9-20(10-14-23)18-26-27-25(29)19-28(21-11-15-22(32-2)16-12-21)34(30,31)24-7-5-4-6-8-24/h4-16,18H,3,17,19H2,1-2H3,(H,27,29)/b26-18+. The fourth-order valence-corrected chi connectivity index (χ4v) is 4.44. The van der Waals surface area contributed by atoms with Crippen molar-refractivity contribution in [2.24, 2.45) is 5.10 Å². The smallest absolute Gasteiger partial charge is 0.264 e. The Balaban J connectivity index is 1.74. The summed E-state index contributed by atoms with van der Waals surface area (Å²) < 4.78 is 38.3. The van der Waals surface area contributed by atoms with Crippen molar-refractivity contribution < 1.29 is 22.7 Å². The molecule has 1 N–H and O–H groups in total. The summed E-state index contributed by atoms with van der Waals surface area (Å²) in [5.74, 6) is 0.736. The van der Waals surface area contributed by atoms with Gasteiger partial charge in [0.15, 0.2) is 0 Å². The normalized spacial score (nSPS) is 11.2. The van der Waals surface area contributed by atoms with Crippen molar-refractivity contribution in [1.82, 2.24) is 5.43 Å². The lowest BCUT2D eigenvalue weighted by Gasteiger charge is -2.23. The number of hydrogen-bond acceptors (Lipinski definition) is 6. The second-order valence-corrected chi connectivity index (χ2v) is 9.10. The van der Waals surface area contributed by atoms with Crippen molar-refractivity contribution in [3.8, 4) is 11.5 Å². The third kappa shape index (κ3) is 6.58. The lowest BCUT2D eigenvalue weighted by molar-refractivity contribution is -0.119. The number of sulfonamides is 1. The molecule has 0 spiro atoms. The van der Waals surface area contributed by atoms with E-state index in [0.29, 0.717) is 18.0 Å². The SMILES string of the molecule is CCCOc1ccc(/C=N/NC(=O)CN(c2ccc(OC)cc2)S(=O)(=O)c2ccccc2)cc1. The maximum absolute atomic E-state index is 13.3. The van der Waals surface area contributed by atoms with E-state index in [1.54, 1.807) is 42.5 Å². The first-order valence-corrected chi connectivity index (χ1v) is 12.1. The lowest BCUT2D eigenvalue weighted by atomic mass is 10.2. The molecule has 0 radical (unpaired) electrons. The number of rotatable bonds is 11. The van der Waals surface area contributed by atoms with Crippen molar-refractivity contribution in [3.63, 3.8) is 0 Å². The summed E-state index contributed by atoms with van der Waals surface area (Å²) in [5, 5.41) is 3.96. The zero-order valence-electron chi connectivity index (χ0n) is 19.0. The van der Waals surface area contributed by atoms with Gasteiger partial charge in [-0.15, -0.1) is 0 Å². The fourth-order valence-electron chi connectivity index (χ4n) is 3.00. The van der Waals surface area contributed by atoms with Crippen LogP contribution in [0.2, 0.25) is 0 Å². The quantitative estimate of drug-likeness (QED) is 0.332. The second kappa shape index (κ2) is 11.9. The van der Waals surface area contributed by atoms with E-state index < -0.39 is 22.5 Å². The molecule has 0 aliphatic rings. The fraction of sp³-hybridized carbons (Fsp3) is 0.200. The molecule has 0 heterocycles.